The Morgan fingerprint density at radius 3 is 2.86 bits per heavy atom. The van der Waals surface area contributed by atoms with Crippen LogP contribution in [0.3, 0.4) is 0 Å². The van der Waals surface area contributed by atoms with Crippen LogP contribution >= 0.6 is 0 Å². The summed E-state index contributed by atoms with van der Waals surface area (Å²) < 4.78 is 0. The van der Waals surface area contributed by atoms with Gasteiger partial charge in [-0.15, -0.1) is 0 Å². The molecular formula is C5H7NO. The molecule has 7 heavy (non-hydrogen) atoms. The lowest BCUT2D eigenvalue weighted by Crippen LogP contribution is -2.18. The highest BCUT2D eigenvalue weighted by atomic mass is 16.2. The van der Waals surface area contributed by atoms with Crippen LogP contribution in [-0.2, 0) is 4.79 Å². The monoisotopic (exact) mass is 97.1 g/mol. The lowest BCUT2D eigenvalue weighted by atomic mass is 10.3. The normalized spacial score (nSPS) is 45.4. The standard InChI is InChI=1S/C5H7NO/c7-5-2-3-1-4(3)6-5/h3-4H,1-2H2,(H,6,7). The maximum atomic E-state index is 10.4. The molecular weight excluding hydrogens is 90.1 g/mol. The third-order valence-electron chi connectivity index (χ3n) is 1.72. The first-order valence-electron chi connectivity index (χ1n) is 2.65. The lowest BCUT2D eigenvalue weighted by molar-refractivity contribution is -0.119. The second kappa shape index (κ2) is 0.831. The van der Waals surface area contributed by atoms with Crippen LogP contribution in [0.1, 0.15) is 12.8 Å². The van der Waals surface area contributed by atoms with Crippen molar-refractivity contribution in [1.29, 1.82) is 0 Å². The van der Waals surface area contributed by atoms with E-state index in [9.17, 15) is 4.79 Å². The van der Waals surface area contributed by atoms with E-state index >= 15 is 0 Å². The van der Waals surface area contributed by atoms with E-state index in [0.29, 0.717) is 6.04 Å². The number of amides is 1. The molecule has 2 nitrogen and oxygen atoms in total. The molecule has 1 saturated carbocycles. The van der Waals surface area contributed by atoms with Crippen molar-refractivity contribution in [3.63, 3.8) is 0 Å². The van der Waals surface area contributed by atoms with Crippen LogP contribution in [0.2, 0.25) is 0 Å². The molecule has 1 heterocycles. The minimum absolute atomic E-state index is 0.251. The van der Waals surface area contributed by atoms with Crippen LogP contribution < -0.4 is 5.32 Å². The van der Waals surface area contributed by atoms with Gasteiger partial charge >= 0.3 is 0 Å². The van der Waals surface area contributed by atoms with Crippen molar-refractivity contribution in [2.24, 2.45) is 5.92 Å². The zero-order valence-corrected chi connectivity index (χ0v) is 3.98. The lowest BCUT2D eigenvalue weighted by Gasteiger charge is -1.88. The largest absolute Gasteiger partial charge is 0.353 e. The predicted octanol–water partition coefficient (Wildman–Crippen LogP) is -0.105. The van der Waals surface area contributed by atoms with Crippen LogP contribution in [0.15, 0.2) is 0 Å². The van der Waals surface area contributed by atoms with Gasteiger partial charge in [-0.3, -0.25) is 4.79 Å². The molecule has 2 atom stereocenters. The third kappa shape index (κ3) is 0.363. The van der Waals surface area contributed by atoms with Gasteiger partial charge in [0.1, 0.15) is 0 Å². The summed E-state index contributed by atoms with van der Waals surface area (Å²) in [6.07, 6.45) is 2.04. The number of hydrogen-bond donors (Lipinski definition) is 1. The minimum atomic E-state index is 0.251. The van der Waals surface area contributed by atoms with Crippen LogP contribution in [0.4, 0.5) is 0 Å². The van der Waals surface area contributed by atoms with Gasteiger partial charge in [-0.1, -0.05) is 0 Å². The van der Waals surface area contributed by atoms with Crippen molar-refractivity contribution in [3.05, 3.63) is 0 Å². The Bertz CT molecular complexity index is 109. The second-order valence-corrected chi connectivity index (χ2v) is 2.37. The van der Waals surface area contributed by atoms with Gasteiger partial charge in [0.2, 0.25) is 5.91 Å². The van der Waals surface area contributed by atoms with E-state index in [1.807, 2.05) is 0 Å². The van der Waals surface area contributed by atoms with Gasteiger partial charge in [0, 0.05) is 12.5 Å². The predicted molar refractivity (Wildman–Crippen MR) is 24.7 cm³/mol. The van der Waals surface area contributed by atoms with Crippen molar-refractivity contribution in [1.82, 2.24) is 5.32 Å². The van der Waals surface area contributed by atoms with Gasteiger partial charge in [-0.2, -0.15) is 0 Å². The van der Waals surface area contributed by atoms with Crippen LogP contribution in [0.5, 0.6) is 0 Å². The number of fused-ring (bicyclic) bond motifs is 1. The Balaban J connectivity index is 2.14. The summed E-state index contributed by atoms with van der Waals surface area (Å²) in [4.78, 5) is 10.4. The van der Waals surface area contributed by atoms with E-state index in [-0.39, 0.29) is 5.91 Å². The number of carbonyl (C=O) groups is 1. The fourth-order valence-electron chi connectivity index (χ4n) is 1.15. The molecule has 0 aromatic carbocycles. The third-order valence-corrected chi connectivity index (χ3v) is 1.72. The molecule has 1 aliphatic carbocycles. The summed E-state index contributed by atoms with van der Waals surface area (Å²) in [5.74, 6) is 0.980. The summed E-state index contributed by atoms with van der Waals surface area (Å²) in [6.45, 7) is 0. The Labute approximate surface area is 41.9 Å². The first kappa shape index (κ1) is 3.47. The number of carbonyl (C=O) groups excluding carboxylic acids is 1. The molecule has 2 rings (SSSR count). The van der Waals surface area contributed by atoms with E-state index < -0.39 is 0 Å². The number of rotatable bonds is 0. The first-order valence-corrected chi connectivity index (χ1v) is 2.65. The maximum Gasteiger partial charge on any atom is 0.220 e. The fraction of sp³-hybridized carbons (Fsp3) is 0.800. The fourth-order valence-corrected chi connectivity index (χ4v) is 1.15. The number of piperidine rings is 1. The zero-order valence-electron chi connectivity index (χ0n) is 3.98. The van der Waals surface area contributed by atoms with Gasteiger partial charge in [0.15, 0.2) is 0 Å². The molecule has 0 radical (unpaired) electrons. The van der Waals surface area contributed by atoms with E-state index in [1.54, 1.807) is 0 Å². The Kier molecular flexibility index (Phi) is 0.412. The highest BCUT2D eigenvalue weighted by Crippen LogP contribution is 2.37. The minimum Gasteiger partial charge on any atom is -0.353 e. The van der Waals surface area contributed by atoms with Crippen molar-refractivity contribution < 1.29 is 4.79 Å². The maximum absolute atomic E-state index is 10.4. The average Bonchev–Trinajstić information content (AvgIpc) is 2.15. The molecule has 1 aliphatic heterocycles. The van der Waals surface area contributed by atoms with Crippen molar-refractivity contribution in [2.45, 2.75) is 18.9 Å². The van der Waals surface area contributed by atoms with Gasteiger partial charge < -0.3 is 5.32 Å². The van der Waals surface area contributed by atoms with Gasteiger partial charge in [0.25, 0.3) is 0 Å². The quantitative estimate of drug-likeness (QED) is 0.449. The molecule has 0 spiro atoms. The molecule has 0 bridgehead atoms. The van der Waals surface area contributed by atoms with Crippen LogP contribution in [-0.4, -0.2) is 11.9 Å². The molecule has 0 aromatic heterocycles. The molecule has 2 heteroatoms. The summed E-state index contributed by atoms with van der Waals surface area (Å²) in [7, 11) is 0. The smallest absolute Gasteiger partial charge is 0.220 e. The topological polar surface area (TPSA) is 29.1 Å². The van der Waals surface area contributed by atoms with Crippen molar-refractivity contribution in [3.8, 4) is 0 Å². The zero-order chi connectivity index (χ0) is 4.85. The summed E-state index contributed by atoms with van der Waals surface area (Å²) in [5.41, 5.74) is 0. The summed E-state index contributed by atoms with van der Waals surface area (Å²) >= 11 is 0. The van der Waals surface area contributed by atoms with E-state index in [4.69, 9.17) is 0 Å². The first-order chi connectivity index (χ1) is 3.36. The molecule has 2 aliphatic rings. The SMILES string of the molecule is O=C1CC2CC2N1. The molecule has 1 saturated heterocycles. The van der Waals surface area contributed by atoms with Crippen molar-refractivity contribution >= 4 is 5.91 Å². The Morgan fingerprint density at radius 2 is 2.57 bits per heavy atom. The molecule has 1 N–H and O–H groups in total. The highest BCUT2D eigenvalue weighted by Gasteiger charge is 2.45. The molecule has 0 aromatic rings. The van der Waals surface area contributed by atoms with Crippen LogP contribution in [0, 0.1) is 5.92 Å². The van der Waals surface area contributed by atoms with Crippen LogP contribution in [0.25, 0.3) is 0 Å². The van der Waals surface area contributed by atoms with E-state index in [1.165, 1.54) is 6.42 Å². The number of nitrogens with one attached hydrogen (secondary N) is 1. The molecule has 1 amide bonds. The molecule has 2 fully saturated rings. The van der Waals surface area contributed by atoms with E-state index in [0.717, 1.165) is 12.3 Å². The summed E-state index contributed by atoms with van der Waals surface area (Å²) in [6, 6.07) is 0.590. The van der Waals surface area contributed by atoms with Gasteiger partial charge in [-0.25, -0.2) is 0 Å². The molecule has 38 valence electrons. The Morgan fingerprint density at radius 1 is 1.71 bits per heavy atom. The van der Waals surface area contributed by atoms with Gasteiger partial charge in [0.05, 0.1) is 0 Å². The second-order valence-electron chi connectivity index (χ2n) is 2.37. The molecule has 2 unspecified atom stereocenters. The van der Waals surface area contributed by atoms with E-state index in [2.05, 4.69) is 5.32 Å². The highest BCUT2D eigenvalue weighted by molar-refractivity contribution is 5.80. The summed E-state index contributed by atoms with van der Waals surface area (Å²) in [5, 5.41) is 2.85. The Hall–Kier alpha value is -0.530. The van der Waals surface area contributed by atoms with Gasteiger partial charge in [-0.05, 0) is 12.3 Å². The average molecular weight is 97.1 g/mol. The van der Waals surface area contributed by atoms with Crippen molar-refractivity contribution in [2.75, 3.05) is 0 Å². The number of hydrogen-bond acceptors (Lipinski definition) is 1.